The first-order valence-corrected chi connectivity index (χ1v) is 7.31. The standard InChI is InChI=1S/C14H32B2/c1-6-8-10-13(5,11-9-7-2)14(15,16)12(3)4/h12H,6-11,15-16H2,1-5H3. The minimum Gasteiger partial charge on any atom is -0.0771 e. The third-order valence-corrected chi connectivity index (χ3v) is 5.16. The second kappa shape index (κ2) is 6.77. The van der Waals surface area contributed by atoms with Crippen LogP contribution in [0.5, 0.6) is 0 Å². The molecule has 0 heterocycles. The van der Waals surface area contributed by atoms with Gasteiger partial charge in [0, 0.05) is 0 Å². The lowest BCUT2D eigenvalue weighted by molar-refractivity contribution is 0.179. The summed E-state index contributed by atoms with van der Waals surface area (Å²) in [7, 11) is 4.95. The van der Waals surface area contributed by atoms with E-state index in [0.29, 0.717) is 10.6 Å². The second-order valence-corrected chi connectivity index (χ2v) is 6.64. The minimum atomic E-state index is 0.456. The SMILES string of the molecule is BC(B)(C(C)C)C(C)(CCCC)CCCC. The van der Waals surface area contributed by atoms with E-state index in [0.717, 1.165) is 5.92 Å². The van der Waals surface area contributed by atoms with Crippen LogP contribution in [-0.2, 0) is 0 Å². The van der Waals surface area contributed by atoms with Gasteiger partial charge < -0.3 is 0 Å². The summed E-state index contributed by atoms with van der Waals surface area (Å²) in [6.45, 7) is 11.9. The van der Waals surface area contributed by atoms with Crippen LogP contribution in [0, 0.1) is 11.3 Å². The van der Waals surface area contributed by atoms with E-state index < -0.39 is 0 Å². The number of hydrogen-bond donors (Lipinski definition) is 0. The molecule has 16 heavy (non-hydrogen) atoms. The zero-order valence-electron chi connectivity index (χ0n) is 12.8. The van der Waals surface area contributed by atoms with E-state index in [9.17, 15) is 0 Å². The molecule has 2 heteroatoms. The molecule has 0 radical (unpaired) electrons. The average molecular weight is 222 g/mol. The first-order valence-electron chi connectivity index (χ1n) is 7.31. The summed E-state index contributed by atoms with van der Waals surface area (Å²) in [4.78, 5) is 0. The monoisotopic (exact) mass is 222 g/mol. The number of unbranched alkanes of at least 4 members (excludes halogenated alkanes) is 2. The van der Waals surface area contributed by atoms with Gasteiger partial charge in [0.15, 0.2) is 0 Å². The highest BCUT2D eigenvalue weighted by Gasteiger charge is 2.41. The van der Waals surface area contributed by atoms with E-state index >= 15 is 0 Å². The Morgan fingerprint density at radius 3 is 1.56 bits per heavy atom. The van der Waals surface area contributed by atoms with Crippen LogP contribution in [0.1, 0.15) is 73.1 Å². The van der Waals surface area contributed by atoms with Gasteiger partial charge in [-0.05, 0) is 18.3 Å². The van der Waals surface area contributed by atoms with E-state index in [1.165, 1.54) is 38.5 Å². The second-order valence-electron chi connectivity index (χ2n) is 6.64. The Labute approximate surface area is 106 Å². The van der Waals surface area contributed by atoms with Crippen molar-refractivity contribution in [1.82, 2.24) is 0 Å². The number of rotatable bonds is 8. The van der Waals surface area contributed by atoms with Gasteiger partial charge in [0.05, 0.1) is 0 Å². The van der Waals surface area contributed by atoms with Crippen molar-refractivity contribution in [3.63, 3.8) is 0 Å². The Bertz CT molecular complexity index is 177. The predicted octanol–water partition coefficient (Wildman–Crippen LogP) is 3.41. The molecule has 0 rings (SSSR count). The van der Waals surface area contributed by atoms with E-state index in [1.807, 2.05) is 0 Å². The van der Waals surface area contributed by atoms with Crippen molar-refractivity contribution in [1.29, 1.82) is 0 Å². The lowest BCUT2D eigenvalue weighted by atomic mass is 9.37. The van der Waals surface area contributed by atoms with Crippen LogP contribution >= 0.6 is 0 Å². The lowest BCUT2D eigenvalue weighted by Crippen LogP contribution is -2.39. The van der Waals surface area contributed by atoms with Crippen LogP contribution in [0.25, 0.3) is 0 Å². The molecule has 0 aliphatic heterocycles. The molecule has 0 fully saturated rings. The Morgan fingerprint density at radius 1 is 0.938 bits per heavy atom. The van der Waals surface area contributed by atoms with Gasteiger partial charge in [0.1, 0.15) is 15.7 Å². The van der Waals surface area contributed by atoms with Crippen molar-refractivity contribution in [3.8, 4) is 0 Å². The Hall–Kier alpha value is 0.130. The van der Waals surface area contributed by atoms with E-state index in [2.05, 4.69) is 50.3 Å². The van der Waals surface area contributed by atoms with Gasteiger partial charge >= 0.3 is 0 Å². The van der Waals surface area contributed by atoms with Crippen LogP contribution in [0.2, 0.25) is 5.21 Å². The third kappa shape index (κ3) is 3.86. The Morgan fingerprint density at radius 2 is 1.31 bits per heavy atom. The van der Waals surface area contributed by atoms with Gasteiger partial charge in [-0.1, -0.05) is 71.4 Å². The molecule has 0 saturated carbocycles. The van der Waals surface area contributed by atoms with Crippen LogP contribution < -0.4 is 0 Å². The van der Waals surface area contributed by atoms with Crippen molar-refractivity contribution in [2.45, 2.75) is 78.4 Å². The first kappa shape index (κ1) is 16.1. The zero-order valence-corrected chi connectivity index (χ0v) is 12.8. The summed E-state index contributed by atoms with van der Waals surface area (Å²) in [6.07, 6.45) is 8.22. The van der Waals surface area contributed by atoms with Gasteiger partial charge in [-0.15, -0.1) is 0 Å². The maximum Gasteiger partial charge on any atom is 0.100 e. The molecule has 0 bridgehead atoms. The summed E-state index contributed by atoms with van der Waals surface area (Å²) in [5.74, 6) is 0.770. The zero-order chi connectivity index (χ0) is 12.8. The molecule has 0 atom stereocenters. The molecule has 0 aliphatic carbocycles. The van der Waals surface area contributed by atoms with Crippen molar-refractivity contribution in [2.75, 3.05) is 0 Å². The summed E-state index contributed by atoms with van der Waals surface area (Å²) in [6, 6.07) is 0. The van der Waals surface area contributed by atoms with E-state index in [1.54, 1.807) is 0 Å². The topological polar surface area (TPSA) is 0 Å². The quantitative estimate of drug-likeness (QED) is 0.552. The Balaban J connectivity index is 4.75. The van der Waals surface area contributed by atoms with Crippen LogP contribution in [0.3, 0.4) is 0 Å². The molecule has 0 N–H and O–H groups in total. The van der Waals surface area contributed by atoms with E-state index in [-0.39, 0.29) is 0 Å². The molecule has 0 amide bonds. The summed E-state index contributed by atoms with van der Waals surface area (Å²) in [5.41, 5.74) is 0.521. The summed E-state index contributed by atoms with van der Waals surface area (Å²) in [5, 5.41) is 0.456. The lowest BCUT2D eigenvalue weighted by Gasteiger charge is -2.48. The van der Waals surface area contributed by atoms with Crippen LogP contribution in [0.15, 0.2) is 0 Å². The van der Waals surface area contributed by atoms with Gasteiger partial charge in [0.25, 0.3) is 0 Å². The minimum absolute atomic E-state index is 0.456. The van der Waals surface area contributed by atoms with Crippen LogP contribution in [0.4, 0.5) is 0 Å². The van der Waals surface area contributed by atoms with Crippen molar-refractivity contribution < 1.29 is 0 Å². The van der Waals surface area contributed by atoms with Gasteiger partial charge in [-0.2, -0.15) is 0 Å². The highest BCUT2D eigenvalue weighted by atomic mass is 14.4. The molecule has 0 nitrogen and oxygen atoms in total. The first-order chi connectivity index (χ1) is 7.31. The average Bonchev–Trinajstić information content (AvgIpc) is 2.23. The fourth-order valence-electron chi connectivity index (χ4n) is 2.60. The van der Waals surface area contributed by atoms with Gasteiger partial charge in [0.2, 0.25) is 0 Å². The third-order valence-electron chi connectivity index (χ3n) is 5.16. The molecule has 0 aromatic heterocycles. The highest BCUT2D eigenvalue weighted by molar-refractivity contribution is 6.40. The largest absolute Gasteiger partial charge is 0.100 e. The van der Waals surface area contributed by atoms with Crippen LogP contribution in [-0.4, -0.2) is 15.7 Å². The molecule has 0 aliphatic rings. The molecular weight excluding hydrogens is 190 g/mol. The number of hydrogen-bond acceptors (Lipinski definition) is 0. The van der Waals surface area contributed by atoms with Crippen molar-refractivity contribution in [3.05, 3.63) is 0 Å². The molecular formula is C14H32B2. The predicted molar refractivity (Wildman–Crippen MR) is 81.8 cm³/mol. The fraction of sp³-hybridized carbons (Fsp3) is 1.00. The normalized spacial score (nSPS) is 13.4. The molecule has 94 valence electrons. The summed E-state index contributed by atoms with van der Waals surface area (Å²) < 4.78 is 0. The van der Waals surface area contributed by atoms with Crippen molar-refractivity contribution in [2.24, 2.45) is 11.3 Å². The molecule has 0 spiro atoms. The molecule has 0 aromatic carbocycles. The van der Waals surface area contributed by atoms with Crippen molar-refractivity contribution >= 4 is 15.7 Å². The molecule has 0 aromatic rings. The highest BCUT2D eigenvalue weighted by Crippen LogP contribution is 2.52. The molecule has 0 saturated heterocycles. The fourth-order valence-corrected chi connectivity index (χ4v) is 2.60. The maximum absolute atomic E-state index is 2.53. The smallest absolute Gasteiger partial charge is 0.0771 e. The maximum atomic E-state index is 2.53. The van der Waals surface area contributed by atoms with Gasteiger partial charge in [-0.3, -0.25) is 0 Å². The Kier molecular flexibility index (Phi) is 6.82. The van der Waals surface area contributed by atoms with Gasteiger partial charge in [-0.25, -0.2) is 0 Å². The summed E-state index contributed by atoms with van der Waals surface area (Å²) >= 11 is 0. The molecule has 0 unspecified atom stereocenters. The van der Waals surface area contributed by atoms with E-state index in [4.69, 9.17) is 0 Å².